The third kappa shape index (κ3) is 2.98. The fourth-order valence-corrected chi connectivity index (χ4v) is 4.33. The second kappa shape index (κ2) is 5.71. The van der Waals surface area contributed by atoms with Gasteiger partial charge in [0.25, 0.3) is 0 Å². The van der Waals surface area contributed by atoms with E-state index in [1.54, 1.807) is 0 Å². The molecule has 3 heteroatoms. The lowest BCUT2D eigenvalue weighted by molar-refractivity contribution is -0.177. The molecule has 1 saturated carbocycles. The minimum Gasteiger partial charge on any atom is -0.390 e. The number of rotatable bonds is 1. The van der Waals surface area contributed by atoms with Crippen molar-refractivity contribution in [2.45, 2.75) is 75.4 Å². The summed E-state index contributed by atoms with van der Waals surface area (Å²) in [4.78, 5) is 0. The summed E-state index contributed by atoms with van der Waals surface area (Å²) in [5.74, 6) is 0.442. The molecule has 19 heavy (non-hydrogen) atoms. The van der Waals surface area contributed by atoms with Crippen LogP contribution in [0.1, 0.15) is 64.2 Å². The second-order valence-corrected chi connectivity index (χ2v) is 6.85. The van der Waals surface area contributed by atoms with Gasteiger partial charge in [-0.3, -0.25) is 0 Å². The van der Waals surface area contributed by atoms with Gasteiger partial charge in [0, 0.05) is 19.8 Å². The van der Waals surface area contributed by atoms with Crippen LogP contribution < -0.4 is 0 Å². The van der Waals surface area contributed by atoms with Gasteiger partial charge in [0.05, 0.1) is 11.2 Å². The molecule has 1 spiro atoms. The van der Waals surface area contributed by atoms with Crippen molar-refractivity contribution in [1.82, 2.24) is 0 Å². The summed E-state index contributed by atoms with van der Waals surface area (Å²) in [5.41, 5.74) is -0.394. The predicted octanol–water partition coefficient (Wildman–Crippen LogP) is 3.05. The highest BCUT2D eigenvalue weighted by molar-refractivity contribution is 4.97. The van der Waals surface area contributed by atoms with E-state index in [1.807, 2.05) is 0 Å². The van der Waals surface area contributed by atoms with Crippen molar-refractivity contribution >= 4 is 0 Å². The third-order valence-electron chi connectivity index (χ3n) is 5.63. The largest absolute Gasteiger partial charge is 0.390 e. The van der Waals surface area contributed by atoms with Crippen LogP contribution in [0.25, 0.3) is 0 Å². The monoisotopic (exact) mass is 268 g/mol. The fourth-order valence-electron chi connectivity index (χ4n) is 4.33. The van der Waals surface area contributed by atoms with Crippen LogP contribution in [0.4, 0.5) is 0 Å². The maximum absolute atomic E-state index is 11.1. The molecule has 1 N–H and O–H groups in total. The van der Waals surface area contributed by atoms with E-state index >= 15 is 0 Å². The molecule has 2 aliphatic heterocycles. The quantitative estimate of drug-likeness (QED) is 0.743. The first-order valence-electron chi connectivity index (χ1n) is 8.17. The van der Waals surface area contributed by atoms with Crippen LogP contribution in [-0.4, -0.2) is 36.1 Å². The van der Waals surface area contributed by atoms with Gasteiger partial charge >= 0.3 is 0 Å². The maximum Gasteiger partial charge on any atom is 0.0730 e. The Balaban J connectivity index is 1.69. The average molecular weight is 268 g/mol. The number of aliphatic hydroxyl groups is 1. The van der Waals surface area contributed by atoms with Crippen LogP contribution in [0.2, 0.25) is 0 Å². The molecule has 3 aliphatic rings. The van der Waals surface area contributed by atoms with Gasteiger partial charge in [0.2, 0.25) is 0 Å². The lowest BCUT2D eigenvalue weighted by atomic mass is 9.70. The van der Waals surface area contributed by atoms with Crippen LogP contribution in [0.15, 0.2) is 0 Å². The first kappa shape index (κ1) is 13.8. The van der Waals surface area contributed by atoms with Crippen molar-refractivity contribution in [1.29, 1.82) is 0 Å². The van der Waals surface area contributed by atoms with Crippen LogP contribution in [0.3, 0.4) is 0 Å². The minimum absolute atomic E-state index is 0.0171. The Hall–Kier alpha value is -0.120. The molecule has 0 bridgehead atoms. The Kier molecular flexibility index (Phi) is 4.16. The van der Waals surface area contributed by atoms with E-state index < -0.39 is 5.60 Å². The highest BCUT2D eigenvalue weighted by Gasteiger charge is 2.46. The molecule has 3 fully saturated rings. The zero-order chi connectivity index (χ0) is 13.2. The Labute approximate surface area is 116 Å². The molecule has 1 aliphatic carbocycles. The zero-order valence-corrected chi connectivity index (χ0v) is 12.0. The molecule has 0 radical (unpaired) electrons. The normalized spacial score (nSPS) is 34.9. The SMILES string of the molecule is OC1(C2CCOC3(CCOCC3)C2)CCCCCC1. The molecular formula is C16H28O3. The van der Waals surface area contributed by atoms with Crippen molar-refractivity contribution in [2.24, 2.45) is 5.92 Å². The zero-order valence-electron chi connectivity index (χ0n) is 12.0. The van der Waals surface area contributed by atoms with Crippen molar-refractivity contribution in [3.05, 3.63) is 0 Å². The first-order chi connectivity index (χ1) is 9.23. The molecule has 110 valence electrons. The van der Waals surface area contributed by atoms with Gasteiger partial charge in [0.1, 0.15) is 0 Å². The van der Waals surface area contributed by atoms with Gasteiger partial charge < -0.3 is 14.6 Å². The molecule has 2 saturated heterocycles. The first-order valence-corrected chi connectivity index (χ1v) is 8.17. The molecule has 3 nitrogen and oxygen atoms in total. The average Bonchev–Trinajstić information content (AvgIpc) is 2.66. The Morgan fingerprint density at radius 2 is 1.53 bits per heavy atom. The number of ether oxygens (including phenoxy) is 2. The van der Waals surface area contributed by atoms with Gasteiger partial charge in [-0.1, -0.05) is 25.7 Å². The van der Waals surface area contributed by atoms with E-state index in [0.29, 0.717) is 5.92 Å². The summed E-state index contributed by atoms with van der Waals surface area (Å²) >= 11 is 0. The molecule has 0 aromatic carbocycles. The summed E-state index contributed by atoms with van der Waals surface area (Å²) in [7, 11) is 0. The van der Waals surface area contributed by atoms with E-state index in [0.717, 1.165) is 58.3 Å². The van der Waals surface area contributed by atoms with Crippen molar-refractivity contribution in [3.63, 3.8) is 0 Å². The molecule has 2 heterocycles. The maximum atomic E-state index is 11.1. The third-order valence-corrected chi connectivity index (χ3v) is 5.63. The molecule has 1 atom stereocenters. The van der Waals surface area contributed by atoms with Crippen molar-refractivity contribution in [2.75, 3.05) is 19.8 Å². The van der Waals surface area contributed by atoms with Gasteiger partial charge in [-0.25, -0.2) is 0 Å². The van der Waals surface area contributed by atoms with E-state index in [1.165, 1.54) is 25.7 Å². The number of hydrogen-bond donors (Lipinski definition) is 1. The smallest absolute Gasteiger partial charge is 0.0730 e. The van der Waals surface area contributed by atoms with Crippen LogP contribution in [0.5, 0.6) is 0 Å². The standard InChI is InChI=1S/C16H28O3/c17-16(6-3-1-2-4-7-16)14-5-10-19-15(13-14)8-11-18-12-9-15/h14,17H,1-13H2. The van der Waals surface area contributed by atoms with Crippen LogP contribution >= 0.6 is 0 Å². The van der Waals surface area contributed by atoms with Crippen LogP contribution in [0, 0.1) is 5.92 Å². The second-order valence-electron chi connectivity index (χ2n) is 6.85. The van der Waals surface area contributed by atoms with Gasteiger partial charge in [-0.05, 0) is 44.4 Å². The molecular weight excluding hydrogens is 240 g/mol. The van der Waals surface area contributed by atoms with Gasteiger partial charge in [0.15, 0.2) is 0 Å². The topological polar surface area (TPSA) is 38.7 Å². The van der Waals surface area contributed by atoms with E-state index in [9.17, 15) is 5.11 Å². The summed E-state index contributed by atoms with van der Waals surface area (Å²) in [6, 6.07) is 0. The fraction of sp³-hybridized carbons (Fsp3) is 1.00. The van der Waals surface area contributed by atoms with Crippen LogP contribution in [-0.2, 0) is 9.47 Å². The van der Waals surface area contributed by atoms with Gasteiger partial charge in [-0.15, -0.1) is 0 Å². The van der Waals surface area contributed by atoms with Gasteiger partial charge in [-0.2, -0.15) is 0 Å². The Bertz CT molecular complexity index is 283. The molecule has 3 rings (SSSR count). The van der Waals surface area contributed by atoms with E-state index in [4.69, 9.17) is 9.47 Å². The molecule has 0 aromatic heterocycles. The van der Waals surface area contributed by atoms with E-state index in [-0.39, 0.29) is 5.60 Å². The predicted molar refractivity (Wildman–Crippen MR) is 74.1 cm³/mol. The summed E-state index contributed by atoms with van der Waals surface area (Å²) in [6.45, 7) is 2.48. The summed E-state index contributed by atoms with van der Waals surface area (Å²) in [5, 5.41) is 11.1. The summed E-state index contributed by atoms with van der Waals surface area (Å²) in [6.07, 6.45) is 11.1. The lowest BCUT2D eigenvalue weighted by Gasteiger charge is -2.48. The molecule has 0 aromatic rings. The highest BCUT2D eigenvalue weighted by Crippen LogP contribution is 2.45. The Morgan fingerprint density at radius 1 is 0.842 bits per heavy atom. The molecule has 0 amide bonds. The lowest BCUT2D eigenvalue weighted by Crippen LogP contribution is -2.50. The summed E-state index contributed by atoms with van der Waals surface area (Å²) < 4.78 is 11.6. The van der Waals surface area contributed by atoms with Crippen molar-refractivity contribution < 1.29 is 14.6 Å². The van der Waals surface area contributed by atoms with E-state index in [2.05, 4.69) is 0 Å². The molecule has 1 unspecified atom stereocenters. The Morgan fingerprint density at radius 3 is 2.21 bits per heavy atom. The van der Waals surface area contributed by atoms with Crippen molar-refractivity contribution in [3.8, 4) is 0 Å². The number of hydrogen-bond acceptors (Lipinski definition) is 3. The minimum atomic E-state index is -0.411. The highest BCUT2D eigenvalue weighted by atomic mass is 16.5.